The number of thiazole rings is 1. The van der Waals surface area contributed by atoms with Crippen LogP contribution in [0.15, 0.2) is 111 Å². The predicted octanol–water partition coefficient (Wildman–Crippen LogP) is 9.77. The summed E-state index contributed by atoms with van der Waals surface area (Å²) >= 11 is 1.89. The summed E-state index contributed by atoms with van der Waals surface area (Å²) in [7, 11) is -22.0. The molecule has 0 radical (unpaired) electrons. The molecular weight excluding hydrogens is 1190 g/mol. The van der Waals surface area contributed by atoms with Crippen molar-refractivity contribution in [2.24, 2.45) is 30.7 Å². The fraction of sp³-hybridized carbons (Fsp3) is 0.222. The van der Waals surface area contributed by atoms with Gasteiger partial charge in [0.15, 0.2) is 11.3 Å². The average molecular weight is 1230 g/mol. The van der Waals surface area contributed by atoms with Crippen molar-refractivity contribution in [2.45, 2.75) is 53.2 Å². The second-order valence-electron chi connectivity index (χ2n) is 17.2. The van der Waals surface area contributed by atoms with Gasteiger partial charge < -0.3 is 14.6 Å². The molecule has 0 unspecified atom stereocenters. The monoisotopic (exact) mass is 1230 g/mol. The lowest BCUT2D eigenvalue weighted by Crippen LogP contribution is -2.08. The lowest BCUT2D eigenvalue weighted by Gasteiger charge is -2.12. The van der Waals surface area contributed by atoms with Gasteiger partial charge in [0.1, 0.15) is 49.6 Å². The van der Waals surface area contributed by atoms with E-state index in [1.54, 1.807) is 19.9 Å². The highest BCUT2D eigenvalue weighted by atomic mass is 32.2. The van der Waals surface area contributed by atoms with Gasteiger partial charge in [0.2, 0.25) is 11.0 Å². The van der Waals surface area contributed by atoms with E-state index in [1.165, 1.54) is 44.4 Å². The number of thioether (sulfide) groups is 1. The molecule has 3 aromatic heterocycles. The van der Waals surface area contributed by atoms with Crippen LogP contribution in [0, 0.1) is 32.1 Å². The third kappa shape index (κ3) is 13.0. The molecule has 0 bridgehead atoms. The summed E-state index contributed by atoms with van der Waals surface area (Å²) in [5.41, 5.74) is 0.0583. The molecule has 8 aromatic rings. The molecule has 0 saturated heterocycles. The summed E-state index contributed by atoms with van der Waals surface area (Å²) in [6.07, 6.45) is -0.218. The standard InChI is InChI=1S/C45H40N10O18S7/c1-22-13-32(51-53-39-24(3)29(21-46)43-47-40-34(55(43)44(39)56)16-26(72-4)17-38(40)80(69,70)71)35(73-9-5-11-76(57,58)59)19-30(22)49-52-33-14-23(2)31(20-36(33)74-10-6-12-77(60,61)62)50-54-45-48-41-37(79(66,67)68)15-25-7-8-27(78(63,64)65)18-28(25)42(41)75-45/h7-8,13-20,56H,5-6,9-12H2,1-4H3,(H,57,58,59)(H,60,61,62)(H,63,64,65)(H,66,67,68)(H,69,70,71). The fourth-order valence-electron chi connectivity index (χ4n) is 7.84. The highest BCUT2D eigenvalue weighted by Crippen LogP contribution is 2.45. The van der Waals surface area contributed by atoms with E-state index in [0.29, 0.717) is 16.0 Å². The van der Waals surface area contributed by atoms with E-state index in [0.717, 1.165) is 51.8 Å². The molecule has 0 saturated carbocycles. The Labute approximate surface area is 462 Å². The molecule has 420 valence electrons. The van der Waals surface area contributed by atoms with Crippen molar-refractivity contribution in [2.75, 3.05) is 31.0 Å². The Morgan fingerprint density at radius 2 is 1.30 bits per heavy atom. The van der Waals surface area contributed by atoms with Gasteiger partial charge in [0.25, 0.3) is 50.6 Å². The van der Waals surface area contributed by atoms with Gasteiger partial charge in [-0.1, -0.05) is 17.4 Å². The van der Waals surface area contributed by atoms with Crippen molar-refractivity contribution in [1.82, 2.24) is 14.4 Å². The Morgan fingerprint density at radius 3 is 1.94 bits per heavy atom. The number of nitriles is 1. The summed E-state index contributed by atoms with van der Waals surface area (Å²) in [5, 5.41) is 48.2. The minimum absolute atomic E-state index is 0.0150. The van der Waals surface area contributed by atoms with Crippen LogP contribution in [0.2, 0.25) is 0 Å². The van der Waals surface area contributed by atoms with Crippen molar-refractivity contribution in [1.29, 1.82) is 5.26 Å². The van der Waals surface area contributed by atoms with E-state index in [1.807, 2.05) is 6.07 Å². The van der Waals surface area contributed by atoms with Gasteiger partial charge >= 0.3 is 0 Å². The van der Waals surface area contributed by atoms with E-state index in [2.05, 4.69) is 40.7 Å². The van der Waals surface area contributed by atoms with Gasteiger partial charge in [0, 0.05) is 34.0 Å². The lowest BCUT2D eigenvalue weighted by atomic mass is 10.1. The zero-order chi connectivity index (χ0) is 58.4. The number of fused-ring (bicyclic) bond motifs is 6. The number of methoxy groups -OCH3 is 1. The van der Waals surface area contributed by atoms with Crippen molar-refractivity contribution < 1.29 is 79.4 Å². The molecule has 0 fully saturated rings. The number of aromatic nitrogens is 3. The van der Waals surface area contributed by atoms with Gasteiger partial charge in [-0.2, -0.15) is 52.5 Å². The van der Waals surface area contributed by atoms with Crippen LogP contribution in [0.3, 0.4) is 0 Å². The second kappa shape index (κ2) is 22.4. The number of azo groups is 3. The Balaban J connectivity index is 1.19. The number of rotatable bonds is 20. The van der Waals surface area contributed by atoms with Crippen LogP contribution >= 0.6 is 23.1 Å². The molecule has 5 aromatic carbocycles. The van der Waals surface area contributed by atoms with Gasteiger partial charge in [-0.3, -0.25) is 27.2 Å². The number of hydrogen-bond donors (Lipinski definition) is 6. The average Bonchev–Trinajstić information content (AvgIpc) is 4.14. The van der Waals surface area contributed by atoms with E-state index < -0.39 is 82.7 Å². The maximum Gasteiger partial charge on any atom is 0.296 e. The van der Waals surface area contributed by atoms with Gasteiger partial charge in [-0.25, -0.2) is 9.97 Å². The van der Waals surface area contributed by atoms with Crippen LogP contribution in [0.5, 0.6) is 17.4 Å². The number of ether oxygens (including phenoxy) is 2. The number of pyridine rings is 1. The largest absolute Gasteiger partial charge is 0.497 e. The van der Waals surface area contributed by atoms with Crippen LogP contribution < -0.4 is 9.47 Å². The summed E-state index contributed by atoms with van der Waals surface area (Å²) in [5.74, 6) is -1.93. The molecule has 0 aliphatic carbocycles. The van der Waals surface area contributed by atoms with Gasteiger partial charge in [-0.05, 0) is 92.3 Å². The maximum atomic E-state index is 12.5. The second-order valence-corrected chi connectivity index (χ2v) is 26.7. The molecule has 35 heteroatoms. The van der Waals surface area contributed by atoms with Crippen molar-refractivity contribution in [3.8, 4) is 23.4 Å². The highest BCUT2D eigenvalue weighted by Gasteiger charge is 2.27. The Kier molecular flexibility index (Phi) is 16.5. The zero-order valence-corrected chi connectivity index (χ0v) is 47.1. The van der Waals surface area contributed by atoms with E-state index in [4.69, 9.17) is 9.47 Å². The van der Waals surface area contributed by atoms with Crippen LogP contribution in [-0.4, -0.2) is 115 Å². The molecule has 8 rings (SSSR count). The van der Waals surface area contributed by atoms with Crippen LogP contribution in [0.4, 0.5) is 33.6 Å². The number of imidazole rings is 1. The Morgan fingerprint density at radius 1 is 0.688 bits per heavy atom. The first-order valence-corrected chi connectivity index (χ1v) is 31.8. The first-order valence-electron chi connectivity index (χ1n) is 22.5. The fourth-order valence-corrected chi connectivity index (χ4v) is 12.8. The Hall–Kier alpha value is -7.21. The van der Waals surface area contributed by atoms with Crippen LogP contribution in [-0.2, 0) is 50.6 Å². The summed E-state index contributed by atoms with van der Waals surface area (Å²) < 4.78 is 181. The van der Waals surface area contributed by atoms with Crippen molar-refractivity contribution in [3.63, 3.8) is 0 Å². The Bertz CT molecular complexity index is 4640. The number of hydrogen-bond acceptors (Lipinski definition) is 24. The quantitative estimate of drug-likeness (QED) is 0.0179. The summed E-state index contributed by atoms with van der Waals surface area (Å²) in [4.78, 5) is 7.10. The molecule has 6 N–H and O–H groups in total. The van der Waals surface area contributed by atoms with E-state index >= 15 is 0 Å². The molecule has 3 heterocycles. The topological polar surface area (TPSA) is 439 Å². The number of nitrogens with zero attached hydrogens (tertiary/aromatic N) is 10. The molecule has 0 amide bonds. The number of aromatic hydroxyl groups is 1. The maximum absolute atomic E-state index is 12.5. The van der Waals surface area contributed by atoms with Gasteiger partial charge in [0.05, 0.1) is 57.4 Å². The SMILES string of the molecule is COc1cc(S(=O)(=O)O)c2nc3c(C#N)c(C)c(N=Nc4cc(C)c(N=Nc5cc(C)c(N=Nc6nc7c(S(=O)(=O)O)cc8ccc(S(=O)(=O)O)cc8c7s6)cc5SCCCS(=O)(=O)O)cc4OCCCS(=O)(=O)O)c(O)n3c2c1. The van der Waals surface area contributed by atoms with Crippen molar-refractivity contribution in [3.05, 3.63) is 82.9 Å². The molecular formula is C45H40N10O18S7. The molecule has 0 atom stereocenters. The smallest absolute Gasteiger partial charge is 0.296 e. The molecule has 80 heavy (non-hydrogen) atoms. The van der Waals surface area contributed by atoms with Gasteiger partial charge in [-0.15, -0.1) is 37.3 Å². The lowest BCUT2D eigenvalue weighted by molar-refractivity contribution is 0.317. The number of aryl methyl sites for hydroxylation is 2. The zero-order valence-electron chi connectivity index (χ0n) is 41.4. The third-order valence-corrected chi connectivity index (χ3v) is 17.9. The normalized spacial score (nSPS) is 13.1. The summed E-state index contributed by atoms with van der Waals surface area (Å²) in [6, 6.07) is 14.6. The minimum atomic E-state index is -4.91. The van der Waals surface area contributed by atoms with Crippen molar-refractivity contribution >= 4 is 145 Å². The minimum Gasteiger partial charge on any atom is -0.497 e. The first kappa shape index (κ1) is 58.9. The molecule has 0 spiro atoms. The van der Waals surface area contributed by atoms with Crippen LogP contribution in [0.1, 0.15) is 35.1 Å². The number of benzene rings is 5. The summed E-state index contributed by atoms with van der Waals surface area (Å²) in [6.45, 7) is 4.34. The molecule has 28 nitrogen and oxygen atoms in total. The third-order valence-electron chi connectivity index (χ3n) is 11.6. The van der Waals surface area contributed by atoms with E-state index in [9.17, 15) is 75.2 Å². The predicted molar refractivity (Wildman–Crippen MR) is 290 cm³/mol. The van der Waals surface area contributed by atoms with Crippen LogP contribution in [0.25, 0.3) is 37.7 Å². The van der Waals surface area contributed by atoms with E-state index in [-0.39, 0.29) is 119 Å². The molecule has 0 aliphatic heterocycles. The highest BCUT2D eigenvalue weighted by molar-refractivity contribution is 7.99. The first-order chi connectivity index (χ1) is 37.3. The molecule has 0 aliphatic rings.